The van der Waals surface area contributed by atoms with Crippen LogP contribution in [-0.4, -0.2) is 39.5 Å². The molecule has 0 amide bonds. The van der Waals surface area contributed by atoms with Gasteiger partial charge in [-0.2, -0.15) is 15.0 Å². The van der Waals surface area contributed by atoms with Gasteiger partial charge in [-0.3, -0.25) is 0 Å². The first-order valence-electron chi connectivity index (χ1n) is 8.60. The van der Waals surface area contributed by atoms with Crippen molar-refractivity contribution in [2.75, 3.05) is 19.6 Å². The van der Waals surface area contributed by atoms with Crippen LogP contribution >= 0.6 is 0 Å². The highest BCUT2D eigenvalue weighted by Gasteiger charge is 2.08. The zero-order chi connectivity index (χ0) is 15.0. The highest BCUT2D eigenvalue weighted by atomic mass is 15.5. The largest absolute Gasteiger partial charge is 0.303 e. The lowest BCUT2D eigenvalue weighted by Gasteiger charge is -2.19. The molecule has 1 aliphatic heterocycles. The van der Waals surface area contributed by atoms with Crippen LogP contribution in [-0.2, 0) is 6.54 Å². The molecule has 1 aromatic carbocycles. The van der Waals surface area contributed by atoms with E-state index in [0.717, 1.165) is 24.2 Å². The van der Waals surface area contributed by atoms with Crippen LogP contribution < -0.4 is 0 Å². The third-order valence-electron chi connectivity index (χ3n) is 4.39. The molecule has 3 rings (SSSR count). The predicted octanol–water partition coefficient (Wildman–Crippen LogP) is 3.60. The van der Waals surface area contributed by atoms with Crippen LogP contribution in [0.2, 0.25) is 0 Å². The summed E-state index contributed by atoms with van der Waals surface area (Å²) in [6, 6.07) is 10.3. The van der Waals surface area contributed by atoms with Gasteiger partial charge < -0.3 is 4.90 Å². The number of aryl methyl sites for hydroxylation is 1. The fourth-order valence-electron chi connectivity index (χ4n) is 3.09. The Morgan fingerprint density at radius 1 is 0.864 bits per heavy atom. The molecule has 0 radical (unpaired) electrons. The van der Waals surface area contributed by atoms with Crippen molar-refractivity contribution in [3.63, 3.8) is 0 Å². The van der Waals surface area contributed by atoms with E-state index in [0.29, 0.717) is 0 Å². The van der Waals surface area contributed by atoms with Gasteiger partial charge in [-0.1, -0.05) is 43.2 Å². The standard InChI is InChI=1S/C18H26N4/c1-2-7-13-21(12-6-1)14-8-9-15-22-19-16-18(20-22)17-10-4-3-5-11-17/h3-5,10-11,16H,1-2,6-9,12-15H2. The van der Waals surface area contributed by atoms with Crippen molar-refractivity contribution >= 4 is 0 Å². The molecule has 1 fully saturated rings. The summed E-state index contributed by atoms with van der Waals surface area (Å²) >= 11 is 0. The number of unbranched alkanes of at least 4 members (excludes halogenated alkanes) is 1. The normalized spacial score (nSPS) is 16.5. The number of benzene rings is 1. The molecule has 22 heavy (non-hydrogen) atoms. The first-order valence-corrected chi connectivity index (χ1v) is 8.60. The molecule has 1 aliphatic rings. The number of hydrogen-bond donors (Lipinski definition) is 0. The summed E-state index contributed by atoms with van der Waals surface area (Å²) in [7, 11) is 0. The van der Waals surface area contributed by atoms with E-state index in [1.807, 2.05) is 29.2 Å². The van der Waals surface area contributed by atoms with Crippen LogP contribution in [0.5, 0.6) is 0 Å². The summed E-state index contributed by atoms with van der Waals surface area (Å²) in [5, 5.41) is 8.96. The lowest BCUT2D eigenvalue weighted by atomic mass is 10.2. The Morgan fingerprint density at radius 3 is 2.36 bits per heavy atom. The summed E-state index contributed by atoms with van der Waals surface area (Å²) < 4.78 is 0. The maximum atomic E-state index is 4.57. The molecular formula is C18H26N4. The molecule has 4 heteroatoms. The fraction of sp³-hybridized carbons (Fsp3) is 0.556. The third-order valence-corrected chi connectivity index (χ3v) is 4.39. The molecule has 0 N–H and O–H groups in total. The van der Waals surface area contributed by atoms with Gasteiger partial charge in [-0.25, -0.2) is 0 Å². The van der Waals surface area contributed by atoms with Crippen molar-refractivity contribution in [2.24, 2.45) is 0 Å². The second-order valence-corrected chi connectivity index (χ2v) is 6.15. The molecule has 0 spiro atoms. The SMILES string of the molecule is c1ccc(-c2cnn(CCCCN3CCCCCC3)n2)cc1. The summed E-state index contributed by atoms with van der Waals surface area (Å²) in [5.41, 5.74) is 2.10. The molecule has 0 bridgehead atoms. The Balaban J connectivity index is 1.41. The summed E-state index contributed by atoms with van der Waals surface area (Å²) in [6.45, 7) is 4.73. The van der Waals surface area contributed by atoms with E-state index in [1.165, 1.54) is 51.7 Å². The fourth-order valence-corrected chi connectivity index (χ4v) is 3.09. The van der Waals surface area contributed by atoms with E-state index >= 15 is 0 Å². The average Bonchev–Trinajstić information content (AvgIpc) is 2.88. The number of hydrogen-bond acceptors (Lipinski definition) is 3. The smallest absolute Gasteiger partial charge is 0.113 e. The number of likely N-dealkylation sites (tertiary alicyclic amines) is 1. The van der Waals surface area contributed by atoms with E-state index in [4.69, 9.17) is 0 Å². The number of nitrogens with zero attached hydrogens (tertiary/aromatic N) is 4. The van der Waals surface area contributed by atoms with Crippen molar-refractivity contribution < 1.29 is 0 Å². The molecule has 2 heterocycles. The zero-order valence-electron chi connectivity index (χ0n) is 13.3. The van der Waals surface area contributed by atoms with Crippen molar-refractivity contribution in [1.29, 1.82) is 0 Å². The van der Waals surface area contributed by atoms with Crippen molar-refractivity contribution in [2.45, 2.75) is 45.1 Å². The molecule has 2 aromatic rings. The van der Waals surface area contributed by atoms with Crippen molar-refractivity contribution in [1.82, 2.24) is 19.9 Å². The quantitative estimate of drug-likeness (QED) is 0.764. The highest BCUT2D eigenvalue weighted by molar-refractivity contribution is 5.56. The second-order valence-electron chi connectivity index (χ2n) is 6.15. The van der Waals surface area contributed by atoms with Gasteiger partial charge in [0.05, 0.1) is 12.7 Å². The molecule has 1 saturated heterocycles. The van der Waals surface area contributed by atoms with Crippen LogP contribution in [0.25, 0.3) is 11.3 Å². The third kappa shape index (κ3) is 4.41. The van der Waals surface area contributed by atoms with Crippen LogP contribution in [0, 0.1) is 0 Å². The molecule has 0 saturated carbocycles. The minimum absolute atomic E-state index is 0.917. The maximum absolute atomic E-state index is 4.57. The molecule has 1 aromatic heterocycles. The minimum atomic E-state index is 0.917. The minimum Gasteiger partial charge on any atom is -0.303 e. The summed E-state index contributed by atoms with van der Waals surface area (Å²) in [6.07, 6.45) is 9.83. The number of rotatable bonds is 6. The van der Waals surface area contributed by atoms with Crippen LogP contribution in [0.1, 0.15) is 38.5 Å². The Morgan fingerprint density at radius 2 is 1.59 bits per heavy atom. The molecule has 0 unspecified atom stereocenters. The summed E-state index contributed by atoms with van der Waals surface area (Å²) in [4.78, 5) is 4.46. The van der Waals surface area contributed by atoms with Gasteiger partial charge in [0.2, 0.25) is 0 Å². The van der Waals surface area contributed by atoms with Gasteiger partial charge in [-0.15, -0.1) is 0 Å². The van der Waals surface area contributed by atoms with E-state index in [1.54, 1.807) is 0 Å². The lowest BCUT2D eigenvalue weighted by molar-refractivity contribution is 0.275. The van der Waals surface area contributed by atoms with Crippen LogP contribution in [0.4, 0.5) is 0 Å². The monoisotopic (exact) mass is 298 g/mol. The van der Waals surface area contributed by atoms with E-state index in [-0.39, 0.29) is 0 Å². The predicted molar refractivity (Wildman–Crippen MR) is 89.6 cm³/mol. The average molecular weight is 298 g/mol. The highest BCUT2D eigenvalue weighted by Crippen LogP contribution is 2.15. The first-order chi connectivity index (χ1) is 10.9. The maximum Gasteiger partial charge on any atom is 0.113 e. The zero-order valence-corrected chi connectivity index (χ0v) is 13.3. The van der Waals surface area contributed by atoms with Crippen molar-refractivity contribution in [3.05, 3.63) is 36.5 Å². The van der Waals surface area contributed by atoms with Gasteiger partial charge in [0, 0.05) is 5.56 Å². The Kier molecular flexibility index (Phi) is 5.59. The van der Waals surface area contributed by atoms with E-state index in [2.05, 4.69) is 27.2 Å². The van der Waals surface area contributed by atoms with Gasteiger partial charge >= 0.3 is 0 Å². The Labute approximate surface area is 133 Å². The van der Waals surface area contributed by atoms with Gasteiger partial charge in [0.25, 0.3) is 0 Å². The molecular weight excluding hydrogens is 272 g/mol. The molecule has 0 atom stereocenters. The van der Waals surface area contributed by atoms with Gasteiger partial charge in [-0.05, 0) is 45.3 Å². The van der Waals surface area contributed by atoms with Crippen LogP contribution in [0.15, 0.2) is 36.5 Å². The van der Waals surface area contributed by atoms with Crippen molar-refractivity contribution in [3.8, 4) is 11.3 Å². The van der Waals surface area contributed by atoms with E-state index < -0.39 is 0 Å². The first kappa shape index (κ1) is 15.2. The summed E-state index contributed by atoms with van der Waals surface area (Å²) in [5.74, 6) is 0. The number of aromatic nitrogens is 3. The molecule has 0 aliphatic carbocycles. The molecule has 118 valence electrons. The lowest BCUT2D eigenvalue weighted by Crippen LogP contribution is -2.25. The Hall–Kier alpha value is -1.68. The van der Waals surface area contributed by atoms with Crippen LogP contribution in [0.3, 0.4) is 0 Å². The van der Waals surface area contributed by atoms with E-state index in [9.17, 15) is 0 Å². The topological polar surface area (TPSA) is 34.0 Å². The molecule has 4 nitrogen and oxygen atoms in total. The Bertz CT molecular complexity index is 541. The van der Waals surface area contributed by atoms with Gasteiger partial charge in [0.1, 0.15) is 5.69 Å². The second kappa shape index (κ2) is 8.08. The van der Waals surface area contributed by atoms with Gasteiger partial charge in [0.15, 0.2) is 0 Å².